The number of rotatable bonds is 5. The monoisotopic (exact) mass is 212 g/mol. The molecule has 0 heterocycles. The minimum Gasteiger partial charge on any atom is -0.376 e. The second-order valence-electron chi connectivity index (χ2n) is 3.70. The molecule has 80 valence electrons. The Bertz CT molecular complexity index is 195. The molecule has 6 heteroatoms. The van der Waals surface area contributed by atoms with Crippen molar-refractivity contribution in [1.82, 2.24) is 0 Å². The van der Waals surface area contributed by atoms with Crippen molar-refractivity contribution in [3.63, 3.8) is 0 Å². The summed E-state index contributed by atoms with van der Waals surface area (Å²) in [7, 11) is -4.43. The van der Waals surface area contributed by atoms with Crippen molar-refractivity contribution in [2.45, 2.75) is 39.4 Å². The lowest BCUT2D eigenvalue weighted by Crippen LogP contribution is -2.30. The standard InChI is InChI=1S/C7H17O5P/c1-6(2)11-5-7(3,4)12-13(8,9)10/h6H,5H2,1-4H3,(H2,8,9,10). The van der Waals surface area contributed by atoms with Gasteiger partial charge in [-0.1, -0.05) is 0 Å². The second-order valence-corrected chi connectivity index (χ2v) is 4.87. The van der Waals surface area contributed by atoms with Crippen molar-refractivity contribution in [1.29, 1.82) is 0 Å². The topological polar surface area (TPSA) is 76.0 Å². The molecule has 0 amide bonds. The van der Waals surface area contributed by atoms with Crippen LogP contribution in [0.1, 0.15) is 27.7 Å². The van der Waals surface area contributed by atoms with E-state index >= 15 is 0 Å². The molecule has 0 spiro atoms. The summed E-state index contributed by atoms with van der Waals surface area (Å²) in [6.45, 7) is 6.96. The average molecular weight is 212 g/mol. The van der Waals surface area contributed by atoms with E-state index in [9.17, 15) is 4.57 Å². The van der Waals surface area contributed by atoms with Gasteiger partial charge in [-0.15, -0.1) is 0 Å². The molecule has 5 nitrogen and oxygen atoms in total. The van der Waals surface area contributed by atoms with Gasteiger partial charge in [0.05, 0.1) is 18.3 Å². The summed E-state index contributed by atoms with van der Waals surface area (Å²) in [6, 6.07) is 0. The van der Waals surface area contributed by atoms with E-state index < -0.39 is 13.4 Å². The van der Waals surface area contributed by atoms with Crippen molar-refractivity contribution < 1.29 is 23.6 Å². The highest BCUT2D eigenvalue weighted by atomic mass is 31.2. The lowest BCUT2D eigenvalue weighted by molar-refractivity contribution is -0.0401. The quantitative estimate of drug-likeness (QED) is 0.672. The maximum Gasteiger partial charge on any atom is 0.470 e. The second kappa shape index (κ2) is 4.53. The zero-order chi connectivity index (χ0) is 10.7. The summed E-state index contributed by atoms with van der Waals surface area (Å²) >= 11 is 0. The molecular formula is C7H17O5P. The number of phosphoric ester groups is 1. The van der Waals surface area contributed by atoms with E-state index in [2.05, 4.69) is 4.52 Å². The molecule has 0 aromatic carbocycles. The first-order chi connectivity index (χ1) is 5.62. The molecule has 0 saturated carbocycles. The lowest BCUT2D eigenvalue weighted by Gasteiger charge is -2.25. The van der Waals surface area contributed by atoms with Crippen molar-refractivity contribution in [3.8, 4) is 0 Å². The molecule has 13 heavy (non-hydrogen) atoms. The Morgan fingerprint density at radius 1 is 1.38 bits per heavy atom. The molecule has 0 saturated heterocycles. The Morgan fingerprint density at radius 2 is 1.85 bits per heavy atom. The van der Waals surface area contributed by atoms with E-state index in [0.29, 0.717) is 0 Å². The predicted octanol–water partition coefficient (Wildman–Crippen LogP) is 1.30. The molecule has 0 unspecified atom stereocenters. The molecule has 0 aliphatic carbocycles. The normalized spacial score (nSPS) is 13.8. The number of hydrogen-bond acceptors (Lipinski definition) is 3. The van der Waals surface area contributed by atoms with Crippen molar-refractivity contribution in [3.05, 3.63) is 0 Å². The molecule has 0 aliphatic rings. The van der Waals surface area contributed by atoms with Crippen LogP contribution in [0, 0.1) is 0 Å². The van der Waals surface area contributed by atoms with Crippen molar-refractivity contribution in [2.75, 3.05) is 6.61 Å². The van der Waals surface area contributed by atoms with Gasteiger partial charge in [0, 0.05) is 0 Å². The Morgan fingerprint density at radius 3 is 2.15 bits per heavy atom. The fourth-order valence-corrected chi connectivity index (χ4v) is 1.41. The average Bonchev–Trinajstić information content (AvgIpc) is 1.78. The van der Waals surface area contributed by atoms with Gasteiger partial charge in [0.15, 0.2) is 0 Å². The van der Waals surface area contributed by atoms with Gasteiger partial charge in [0.2, 0.25) is 0 Å². The first-order valence-electron chi connectivity index (χ1n) is 4.00. The molecule has 2 N–H and O–H groups in total. The number of ether oxygens (including phenoxy) is 1. The van der Waals surface area contributed by atoms with Gasteiger partial charge < -0.3 is 14.5 Å². The van der Waals surface area contributed by atoms with E-state index in [1.807, 2.05) is 13.8 Å². The van der Waals surface area contributed by atoms with Crippen LogP contribution in [-0.2, 0) is 13.8 Å². The van der Waals surface area contributed by atoms with Crippen LogP contribution in [-0.4, -0.2) is 28.1 Å². The fraction of sp³-hybridized carbons (Fsp3) is 1.00. The highest BCUT2D eigenvalue weighted by molar-refractivity contribution is 7.46. The summed E-state index contributed by atoms with van der Waals surface area (Å²) in [5, 5.41) is 0. The van der Waals surface area contributed by atoms with Gasteiger partial charge in [0.1, 0.15) is 0 Å². The van der Waals surface area contributed by atoms with Crippen LogP contribution >= 0.6 is 7.82 Å². The van der Waals surface area contributed by atoms with Gasteiger partial charge in [-0.25, -0.2) is 4.57 Å². The van der Waals surface area contributed by atoms with Crippen LogP contribution in [0.2, 0.25) is 0 Å². The van der Waals surface area contributed by atoms with Gasteiger partial charge in [-0.05, 0) is 27.7 Å². The number of hydrogen-bond donors (Lipinski definition) is 2. The third kappa shape index (κ3) is 8.40. The smallest absolute Gasteiger partial charge is 0.376 e. The summed E-state index contributed by atoms with van der Waals surface area (Å²) in [5.41, 5.74) is -0.969. The van der Waals surface area contributed by atoms with E-state index in [-0.39, 0.29) is 12.7 Å². The minimum atomic E-state index is -4.43. The van der Waals surface area contributed by atoms with Crippen LogP contribution < -0.4 is 0 Å². The maximum absolute atomic E-state index is 10.5. The van der Waals surface area contributed by atoms with Crippen LogP contribution in [0.4, 0.5) is 0 Å². The summed E-state index contributed by atoms with van der Waals surface area (Å²) in [4.78, 5) is 17.1. The summed E-state index contributed by atoms with van der Waals surface area (Å²) < 4.78 is 20.2. The largest absolute Gasteiger partial charge is 0.470 e. The van der Waals surface area contributed by atoms with Crippen molar-refractivity contribution >= 4 is 7.82 Å². The maximum atomic E-state index is 10.5. The zero-order valence-electron chi connectivity index (χ0n) is 8.35. The van der Waals surface area contributed by atoms with E-state index in [1.54, 1.807) is 13.8 Å². The Kier molecular flexibility index (Phi) is 4.55. The van der Waals surface area contributed by atoms with Crippen molar-refractivity contribution in [2.24, 2.45) is 0 Å². The molecule has 0 rings (SSSR count). The van der Waals surface area contributed by atoms with Crippen LogP contribution in [0.3, 0.4) is 0 Å². The summed E-state index contributed by atoms with van der Waals surface area (Å²) in [6.07, 6.45) is 0.0136. The van der Waals surface area contributed by atoms with Crippen LogP contribution in [0.25, 0.3) is 0 Å². The zero-order valence-corrected chi connectivity index (χ0v) is 9.25. The molecule has 0 fully saturated rings. The molecule has 0 aromatic rings. The van der Waals surface area contributed by atoms with E-state index in [0.717, 1.165) is 0 Å². The first kappa shape index (κ1) is 13.1. The van der Waals surface area contributed by atoms with Gasteiger partial charge in [-0.3, -0.25) is 4.52 Å². The fourth-order valence-electron chi connectivity index (χ4n) is 0.716. The molecule has 0 bridgehead atoms. The van der Waals surface area contributed by atoms with Crippen LogP contribution in [0.5, 0.6) is 0 Å². The molecule has 0 atom stereocenters. The number of phosphoric acid groups is 1. The highest BCUT2D eigenvalue weighted by Gasteiger charge is 2.29. The predicted molar refractivity (Wildman–Crippen MR) is 48.3 cm³/mol. The Labute approximate surface area is 78.3 Å². The Balaban J connectivity index is 4.01. The molecule has 0 aliphatic heterocycles. The highest BCUT2D eigenvalue weighted by Crippen LogP contribution is 2.41. The third-order valence-corrected chi connectivity index (χ3v) is 1.86. The Hall–Kier alpha value is 0.0700. The lowest BCUT2D eigenvalue weighted by atomic mass is 10.2. The van der Waals surface area contributed by atoms with Gasteiger partial charge >= 0.3 is 7.82 Å². The minimum absolute atomic E-state index is 0.0136. The third-order valence-electron chi connectivity index (χ3n) is 1.13. The summed E-state index contributed by atoms with van der Waals surface area (Å²) in [5.74, 6) is 0. The van der Waals surface area contributed by atoms with E-state index in [4.69, 9.17) is 14.5 Å². The first-order valence-corrected chi connectivity index (χ1v) is 5.53. The molecular weight excluding hydrogens is 195 g/mol. The van der Waals surface area contributed by atoms with Gasteiger partial charge in [0.25, 0.3) is 0 Å². The molecule has 0 radical (unpaired) electrons. The van der Waals surface area contributed by atoms with Crippen LogP contribution in [0.15, 0.2) is 0 Å². The van der Waals surface area contributed by atoms with Gasteiger partial charge in [-0.2, -0.15) is 0 Å². The SMILES string of the molecule is CC(C)OCC(C)(C)OP(=O)(O)O. The molecule has 0 aromatic heterocycles. The van der Waals surface area contributed by atoms with E-state index in [1.165, 1.54) is 0 Å².